The molecule has 5 saturated heterocycles. The Labute approximate surface area is 656 Å². The minimum absolute atomic E-state index is 0. The highest BCUT2D eigenvalue weighted by atomic mass is 16.6. The van der Waals surface area contributed by atoms with Crippen LogP contribution in [0.3, 0.4) is 0 Å². The van der Waals surface area contributed by atoms with Crippen molar-refractivity contribution >= 4 is 65.6 Å². The van der Waals surface area contributed by atoms with Crippen LogP contribution in [0.1, 0.15) is 199 Å². The first-order chi connectivity index (χ1) is 51.0. The number of hydrogen-bond donors (Lipinski definition) is 7. The van der Waals surface area contributed by atoms with Gasteiger partial charge in [-0.25, -0.2) is 29.0 Å². The van der Waals surface area contributed by atoms with Gasteiger partial charge in [0.25, 0.3) is 11.8 Å². The Kier molecular flexibility index (Phi) is 32.5. The van der Waals surface area contributed by atoms with Crippen LogP contribution in [0.4, 0.5) is 30.6 Å². The topological polar surface area (TPSA) is 324 Å². The number of aldehydes is 1. The van der Waals surface area contributed by atoms with Gasteiger partial charge < -0.3 is 70.6 Å². The summed E-state index contributed by atoms with van der Waals surface area (Å²) in [6.07, 6.45) is 3.22. The number of imide groups is 2. The molecular formula is C87H120N8O16. The van der Waals surface area contributed by atoms with Gasteiger partial charge in [-0.3, -0.25) is 19.2 Å². The van der Waals surface area contributed by atoms with Crippen molar-refractivity contribution in [2.24, 2.45) is 27.4 Å². The van der Waals surface area contributed by atoms with E-state index in [-0.39, 0.29) is 93.4 Å². The number of nitrogens with two attached hydrogens (primary N) is 1. The molecule has 5 heterocycles. The maximum atomic E-state index is 13.8. The number of benzene rings is 6. The Morgan fingerprint density at radius 2 is 0.919 bits per heavy atom. The summed E-state index contributed by atoms with van der Waals surface area (Å²) in [6.45, 7) is 26.0. The Balaban J connectivity index is 0.000000260. The molecule has 9 atom stereocenters. The lowest BCUT2D eigenvalue weighted by Gasteiger charge is -2.36. The molecular weight excluding hydrogens is 1410 g/mol. The van der Waals surface area contributed by atoms with Gasteiger partial charge >= 0.3 is 30.2 Å². The number of nitrogens with zero attached hydrogens (tertiary/aromatic N) is 3. The van der Waals surface area contributed by atoms with Gasteiger partial charge in [-0.1, -0.05) is 239 Å². The van der Waals surface area contributed by atoms with Crippen molar-refractivity contribution in [1.29, 1.82) is 0 Å². The van der Waals surface area contributed by atoms with Gasteiger partial charge in [0.05, 0.1) is 50.7 Å². The van der Waals surface area contributed by atoms with Crippen LogP contribution in [-0.2, 0) is 71.7 Å². The summed E-state index contributed by atoms with van der Waals surface area (Å²) < 4.78 is 28.8. The third-order valence-corrected chi connectivity index (χ3v) is 19.7. The zero-order chi connectivity index (χ0) is 79.1. The number of fused-ring (bicyclic) bond motifs is 4. The number of carbonyl (C=O) groups is 9. The van der Waals surface area contributed by atoms with E-state index < -0.39 is 60.5 Å². The van der Waals surface area contributed by atoms with E-state index >= 15 is 0 Å². The highest BCUT2D eigenvalue weighted by Crippen LogP contribution is 2.49. The quantitative estimate of drug-likeness (QED) is 0.0593. The van der Waals surface area contributed by atoms with Crippen molar-refractivity contribution < 1.29 is 77.0 Å². The van der Waals surface area contributed by atoms with Gasteiger partial charge in [0, 0.05) is 72.1 Å². The summed E-state index contributed by atoms with van der Waals surface area (Å²) in [7, 11) is 3.01. The molecule has 2 aliphatic carbocycles. The fourth-order valence-electron chi connectivity index (χ4n) is 13.8. The average molecular weight is 1530 g/mol. The lowest BCUT2D eigenvalue weighted by atomic mass is 9.84. The number of urea groups is 2. The van der Waals surface area contributed by atoms with E-state index in [0.29, 0.717) is 70.9 Å². The zero-order valence-corrected chi connectivity index (χ0v) is 64.6. The molecule has 8 N–H and O–H groups in total. The first-order valence-electron chi connectivity index (χ1n) is 36.7. The molecule has 24 heteroatoms. The van der Waals surface area contributed by atoms with Gasteiger partial charge in [-0.2, -0.15) is 0 Å². The molecule has 2 spiro atoms. The number of rotatable bonds is 11. The third kappa shape index (κ3) is 23.1. The number of aryl methyl sites for hydroxylation is 2. The molecule has 0 radical (unpaired) electrons. The number of aliphatic carboxylic acids is 1. The van der Waals surface area contributed by atoms with Gasteiger partial charge in [0.2, 0.25) is 17.1 Å². The van der Waals surface area contributed by atoms with Gasteiger partial charge in [-0.15, -0.1) is 0 Å². The normalized spacial score (nSPS) is 22.1. The van der Waals surface area contributed by atoms with E-state index in [1.807, 2.05) is 102 Å². The van der Waals surface area contributed by atoms with Gasteiger partial charge in [0.15, 0.2) is 0 Å². The highest BCUT2D eigenvalue weighted by Gasteiger charge is 2.60. The minimum Gasteiger partial charge on any atom is -0.480 e. The number of amides is 9. The molecule has 3 unspecified atom stereocenters. The van der Waals surface area contributed by atoms with Crippen molar-refractivity contribution in [3.8, 4) is 0 Å². The van der Waals surface area contributed by atoms with Crippen LogP contribution in [0.2, 0.25) is 0 Å². The van der Waals surface area contributed by atoms with Crippen LogP contribution in [0, 0.1) is 21.7 Å². The molecule has 6 aromatic rings. The number of hydrogen-bond acceptors (Lipinski definition) is 16. The largest absolute Gasteiger partial charge is 0.480 e. The number of aliphatic hydroxyl groups excluding tert-OH is 1. The van der Waals surface area contributed by atoms with E-state index in [4.69, 9.17) is 39.6 Å². The molecule has 5 fully saturated rings. The van der Waals surface area contributed by atoms with E-state index in [0.717, 1.165) is 59.5 Å². The summed E-state index contributed by atoms with van der Waals surface area (Å²) in [5.74, 6) is -1.71. The van der Waals surface area contributed by atoms with Crippen LogP contribution in [0.25, 0.3) is 0 Å². The van der Waals surface area contributed by atoms with Gasteiger partial charge in [-0.05, 0) is 94.2 Å². The molecule has 7 aliphatic rings. The number of carboxylic acids is 1. The van der Waals surface area contributed by atoms with Crippen LogP contribution >= 0.6 is 0 Å². The van der Waals surface area contributed by atoms with E-state index in [2.05, 4.69) is 123 Å². The van der Waals surface area contributed by atoms with Crippen molar-refractivity contribution in [2.45, 2.75) is 197 Å². The predicted molar refractivity (Wildman–Crippen MR) is 430 cm³/mol. The summed E-state index contributed by atoms with van der Waals surface area (Å²) in [5.41, 5.74) is 11.1. The Morgan fingerprint density at radius 3 is 1.26 bits per heavy atom. The second kappa shape index (κ2) is 39.4. The fraction of sp³-hybridized carbons (Fsp3) is 0.483. The third-order valence-electron chi connectivity index (χ3n) is 19.7. The molecule has 5 aliphatic heterocycles. The Morgan fingerprint density at radius 1 is 0.541 bits per heavy atom. The maximum Gasteiger partial charge on any atom is 0.418 e. The van der Waals surface area contributed by atoms with Gasteiger partial charge in [0.1, 0.15) is 25.6 Å². The molecule has 0 aromatic heterocycles. The molecule has 111 heavy (non-hydrogen) atoms. The van der Waals surface area contributed by atoms with Crippen molar-refractivity contribution in [1.82, 2.24) is 25.3 Å². The van der Waals surface area contributed by atoms with E-state index in [9.17, 15) is 43.2 Å². The van der Waals surface area contributed by atoms with Crippen molar-refractivity contribution in [3.05, 3.63) is 202 Å². The first-order valence-corrected chi connectivity index (χ1v) is 36.7. The van der Waals surface area contributed by atoms with E-state index in [1.165, 1.54) is 25.2 Å². The minimum atomic E-state index is -1.47. The van der Waals surface area contributed by atoms with Crippen LogP contribution in [-0.4, -0.2) is 151 Å². The Hall–Kier alpha value is -9.85. The maximum absolute atomic E-state index is 13.8. The summed E-state index contributed by atoms with van der Waals surface area (Å²) in [4.78, 5) is 112. The SMILES string of the molecule is C.C.C.CC(C)(C)C1C[C@@H](c2ccccc2)CO1.CC(C)(C)C1C[C@@H](c2ccccc2)CO1.CC(C)(C)C=O.CNC(=O)Nc1ccc2c(c1)CC[C@@]21OC(=O)N(CC(=O)N2C(C(C)(C)C)OC[C@@H]2c2ccccc2)C1=O.CNC(=O)Nc1ccc2c(c1)CC[C@@]21OC(=O)N(CC(=O)O)C1=O.N[C@H](CO)c1ccccc1. The number of ether oxygens (including phenoxy) is 5. The second-order valence-electron chi connectivity index (χ2n) is 32.2. The van der Waals surface area contributed by atoms with Crippen molar-refractivity contribution in [2.75, 3.05) is 64.2 Å². The first kappa shape index (κ1) is 91.8. The highest BCUT2D eigenvalue weighted by molar-refractivity contribution is 6.07. The monoisotopic (exact) mass is 1530 g/mol. The number of anilines is 2. The second-order valence-corrected chi connectivity index (χ2v) is 32.2. The molecule has 6 aromatic carbocycles. The number of carboxylic acid groups (broad SMARTS) is 1. The van der Waals surface area contributed by atoms with Crippen molar-refractivity contribution in [3.63, 3.8) is 0 Å². The van der Waals surface area contributed by atoms with E-state index in [1.54, 1.807) is 41.3 Å². The smallest absolute Gasteiger partial charge is 0.418 e. The van der Waals surface area contributed by atoms with Crippen LogP contribution < -0.4 is 27.0 Å². The summed E-state index contributed by atoms with van der Waals surface area (Å²) >= 11 is 0. The summed E-state index contributed by atoms with van der Waals surface area (Å²) in [5, 5.41) is 27.7. The molecule has 13 rings (SSSR count). The number of nitrogens with one attached hydrogen (secondary N) is 4. The molecule has 0 bridgehead atoms. The van der Waals surface area contributed by atoms with Crippen LogP contribution in [0.15, 0.2) is 158 Å². The zero-order valence-electron chi connectivity index (χ0n) is 64.6. The molecule has 24 nitrogen and oxygen atoms in total. The average Bonchev–Trinajstić information content (AvgIpc) is 1.58. The molecule has 9 amide bonds. The number of carbonyl (C=O) groups excluding carboxylic acids is 8. The molecule has 604 valence electrons. The fourth-order valence-corrected chi connectivity index (χ4v) is 13.8. The standard InChI is InChI=1S/C28H32N4O6.C15H15N3O6.2C14H20O.C8H11NO.C5H10O.3CH4/c1-27(2,3)24-32(21(16-37-24)17-8-6-5-7-9-17)22(33)15-31-23(34)28(38-26(31)36)13-12-18-14-19(10-11-20(18)28)30-25(35)29-4;1-16-13(22)17-9-2-3-10-8(6-9)4-5-15(10)12(21)18(7-11(19)20)14(23)24-15;2*1-14(2,3)13-9-12(10-15-13)11-7-5-4-6-8-11;9-8(6-10)7-4-2-1-3-5-7;1-5(2,3)4-6;;;/h5-11,14,21,24H,12-13,15-16H2,1-4H3,(H2,29,30,35);2-3,6H,4-5,7H2,1H3,(H,19,20)(H2,16,17,22);2*4-8,12-13H,9-10H2,1-3H3;1-5,8,10H,6,9H2;4H,1-3H3;3*1H4/t21-,24?,28-;15-;2*12-,13?;8-;;;;/m11111..../s1. The Bertz CT molecular complexity index is 4030. The molecule has 0 saturated carbocycles. The van der Waals surface area contributed by atoms with Crippen LogP contribution in [0.5, 0.6) is 0 Å². The lowest BCUT2D eigenvalue weighted by molar-refractivity contribution is -0.148. The number of aliphatic hydroxyl groups is 1. The predicted octanol–water partition coefficient (Wildman–Crippen LogP) is 15.2. The summed E-state index contributed by atoms with van der Waals surface area (Å²) in [6, 6.07) is 49.3. The lowest BCUT2D eigenvalue weighted by Crippen LogP contribution is -2.50.